The molecule has 0 bridgehead atoms. The lowest BCUT2D eigenvalue weighted by molar-refractivity contribution is -0.117. The molecule has 7 heteroatoms. The van der Waals surface area contributed by atoms with E-state index in [1.807, 2.05) is 4.90 Å². The Morgan fingerprint density at radius 1 is 1.38 bits per heavy atom. The summed E-state index contributed by atoms with van der Waals surface area (Å²) >= 11 is 5.96. The molecule has 21 heavy (non-hydrogen) atoms. The topological polar surface area (TPSA) is 89.9 Å². The number of anilines is 1. The van der Waals surface area contributed by atoms with Crippen LogP contribution in [0.4, 0.5) is 5.69 Å². The van der Waals surface area contributed by atoms with E-state index in [1.165, 1.54) is 18.2 Å². The van der Waals surface area contributed by atoms with Crippen LogP contribution in [-0.2, 0) is 4.79 Å². The molecule has 1 saturated carbocycles. The van der Waals surface area contributed by atoms with Gasteiger partial charge in [0.15, 0.2) is 0 Å². The van der Waals surface area contributed by atoms with Crippen LogP contribution in [0.2, 0.25) is 5.02 Å². The lowest BCUT2D eigenvalue weighted by atomic mass is 10.2. The summed E-state index contributed by atoms with van der Waals surface area (Å²) in [4.78, 5) is 24.8. The zero-order chi connectivity index (χ0) is 15.4. The largest absolute Gasteiger partial charge is 0.478 e. The number of halogens is 1. The molecule has 0 spiro atoms. The van der Waals surface area contributed by atoms with E-state index in [0.29, 0.717) is 12.6 Å². The van der Waals surface area contributed by atoms with Gasteiger partial charge in [-0.05, 0) is 31.0 Å². The molecule has 0 aromatic heterocycles. The summed E-state index contributed by atoms with van der Waals surface area (Å²) in [5.74, 6) is -1.36. The van der Waals surface area contributed by atoms with Crippen LogP contribution < -0.4 is 5.32 Å². The van der Waals surface area contributed by atoms with Gasteiger partial charge in [0.25, 0.3) is 0 Å². The second kappa shape index (κ2) is 6.89. The second-order valence-corrected chi connectivity index (χ2v) is 5.38. The van der Waals surface area contributed by atoms with E-state index in [9.17, 15) is 9.59 Å². The molecule has 1 aromatic rings. The van der Waals surface area contributed by atoms with Gasteiger partial charge in [0.05, 0.1) is 29.4 Å². The van der Waals surface area contributed by atoms with Gasteiger partial charge in [-0.1, -0.05) is 11.6 Å². The Kier molecular flexibility index (Phi) is 5.17. The van der Waals surface area contributed by atoms with Gasteiger partial charge in [-0.25, -0.2) is 4.79 Å². The Balaban J connectivity index is 2.01. The van der Waals surface area contributed by atoms with Crippen molar-refractivity contribution < 1.29 is 19.8 Å². The molecule has 1 fully saturated rings. The first-order valence-electron chi connectivity index (χ1n) is 6.69. The van der Waals surface area contributed by atoms with Crippen molar-refractivity contribution in [3.63, 3.8) is 0 Å². The number of carbonyl (C=O) groups is 2. The van der Waals surface area contributed by atoms with Gasteiger partial charge in [-0.3, -0.25) is 9.69 Å². The molecule has 0 saturated heterocycles. The number of nitrogens with zero attached hydrogens (tertiary/aromatic N) is 1. The van der Waals surface area contributed by atoms with E-state index in [2.05, 4.69) is 5.32 Å². The van der Waals surface area contributed by atoms with E-state index in [0.717, 1.165) is 12.8 Å². The molecule has 1 aliphatic rings. The fourth-order valence-corrected chi connectivity index (χ4v) is 2.25. The number of aromatic carboxylic acids is 1. The van der Waals surface area contributed by atoms with Crippen molar-refractivity contribution in [2.75, 3.05) is 25.0 Å². The van der Waals surface area contributed by atoms with E-state index < -0.39 is 5.97 Å². The average Bonchev–Trinajstić information content (AvgIpc) is 3.25. The van der Waals surface area contributed by atoms with Crippen LogP contribution in [0.1, 0.15) is 23.2 Å². The Hall–Kier alpha value is -1.63. The average molecular weight is 313 g/mol. The number of rotatable bonds is 7. The molecule has 1 aliphatic carbocycles. The maximum absolute atomic E-state index is 12.0. The maximum atomic E-state index is 12.0. The fourth-order valence-electron chi connectivity index (χ4n) is 2.09. The van der Waals surface area contributed by atoms with Crippen molar-refractivity contribution in [2.24, 2.45) is 0 Å². The lowest BCUT2D eigenvalue weighted by Gasteiger charge is -2.20. The van der Waals surface area contributed by atoms with Gasteiger partial charge < -0.3 is 15.5 Å². The molecular weight excluding hydrogens is 296 g/mol. The highest BCUT2D eigenvalue weighted by atomic mass is 35.5. The molecule has 2 rings (SSSR count). The maximum Gasteiger partial charge on any atom is 0.335 e. The van der Waals surface area contributed by atoms with E-state index >= 15 is 0 Å². The molecule has 0 atom stereocenters. The van der Waals surface area contributed by atoms with Crippen LogP contribution in [0.3, 0.4) is 0 Å². The predicted octanol–water partition coefficient (Wildman–Crippen LogP) is 1.43. The van der Waals surface area contributed by atoms with Crippen LogP contribution in [0.15, 0.2) is 18.2 Å². The molecule has 0 unspecified atom stereocenters. The first-order valence-corrected chi connectivity index (χ1v) is 7.06. The first kappa shape index (κ1) is 15.8. The number of amides is 1. The Bertz CT molecular complexity index is 546. The zero-order valence-electron chi connectivity index (χ0n) is 11.4. The monoisotopic (exact) mass is 312 g/mol. The number of nitrogens with one attached hydrogen (secondary N) is 1. The van der Waals surface area contributed by atoms with Gasteiger partial charge in [-0.2, -0.15) is 0 Å². The molecule has 0 heterocycles. The Labute approximate surface area is 127 Å². The highest BCUT2D eigenvalue weighted by molar-refractivity contribution is 6.33. The number of carboxylic acid groups (broad SMARTS) is 1. The van der Waals surface area contributed by atoms with Crippen molar-refractivity contribution in [1.29, 1.82) is 0 Å². The standard InChI is InChI=1S/C14H17ClN2O4/c15-11-4-1-9(14(20)21)7-12(11)16-13(19)8-17(5-6-18)10-2-3-10/h1,4,7,10,18H,2-3,5-6,8H2,(H,16,19)(H,20,21). The lowest BCUT2D eigenvalue weighted by Crippen LogP contribution is -2.36. The van der Waals surface area contributed by atoms with E-state index in [-0.39, 0.29) is 35.3 Å². The minimum absolute atomic E-state index is 0.000957. The van der Waals surface area contributed by atoms with Gasteiger partial charge in [0.1, 0.15) is 0 Å². The normalized spacial score (nSPS) is 14.2. The molecule has 6 nitrogen and oxygen atoms in total. The van der Waals surface area contributed by atoms with Crippen LogP contribution in [0.25, 0.3) is 0 Å². The number of aliphatic hydroxyl groups is 1. The summed E-state index contributed by atoms with van der Waals surface area (Å²) in [5, 5.41) is 20.8. The van der Waals surface area contributed by atoms with E-state index in [4.69, 9.17) is 21.8 Å². The predicted molar refractivity (Wildman–Crippen MR) is 78.7 cm³/mol. The number of carboxylic acids is 1. The van der Waals surface area contributed by atoms with Gasteiger partial charge >= 0.3 is 5.97 Å². The third-order valence-electron chi connectivity index (χ3n) is 3.28. The number of benzene rings is 1. The SMILES string of the molecule is O=C(CN(CCO)C1CC1)Nc1cc(C(=O)O)ccc1Cl. The summed E-state index contributed by atoms with van der Waals surface area (Å²) in [6, 6.07) is 4.50. The van der Waals surface area contributed by atoms with Crippen molar-refractivity contribution in [3.05, 3.63) is 28.8 Å². The highest BCUT2D eigenvalue weighted by Crippen LogP contribution is 2.27. The summed E-state index contributed by atoms with van der Waals surface area (Å²) in [6.45, 7) is 0.596. The molecule has 0 radical (unpaired) electrons. The number of carbonyl (C=O) groups excluding carboxylic acids is 1. The van der Waals surface area contributed by atoms with Crippen LogP contribution in [0.5, 0.6) is 0 Å². The third kappa shape index (κ3) is 4.42. The molecule has 3 N–H and O–H groups in total. The Morgan fingerprint density at radius 2 is 2.10 bits per heavy atom. The minimum atomic E-state index is -1.08. The molecular formula is C14H17ClN2O4. The van der Waals surface area contributed by atoms with Gasteiger partial charge in [0.2, 0.25) is 5.91 Å². The fraction of sp³-hybridized carbons (Fsp3) is 0.429. The van der Waals surface area contributed by atoms with Gasteiger partial charge in [-0.15, -0.1) is 0 Å². The zero-order valence-corrected chi connectivity index (χ0v) is 12.1. The van der Waals surface area contributed by atoms with Crippen molar-refractivity contribution in [3.8, 4) is 0 Å². The number of hydrogen-bond donors (Lipinski definition) is 3. The summed E-state index contributed by atoms with van der Waals surface area (Å²) in [7, 11) is 0. The van der Waals surface area contributed by atoms with Gasteiger partial charge in [0, 0.05) is 12.6 Å². The Morgan fingerprint density at radius 3 is 2.67 bits per heavy atom. The quantitative estimate of drug-likeness (QED) is 0.708. The smallest absolute Gasteiger partial charge is 0.335 e. The second-order valence-electron chi connectivity index (χ2n) is 4.97. The highest BCUT2D eigenvalue weighted by Gasteiger charge is 2.29. The van der Waals surface area contributed by atoms with E-state index in [1.54, 1.807) is 0 Å². The summed E-state index contributed by atoms with van der Waals surface area (Å²) < 4.78 is 0. The third-order valence-corrected chi connectivity index (χ3v) is 3.61. The summed E-state index contributed by atoms with van der Waals surface area (Å²) in [6.07, 6.45) is 2.06. The van der Waals surface area contributed by atoms with Crippen molar-refractivity contribution in [1.82, 2.24) is 4.90 Å². The minimum Gasteiger partial charge on any atom is -0.478 e. The van der Waals surface area contributed by atoms with Crippen molar-refractivity contribution >= 4 is 29.2 Å². The number of hydrogen-bond acceptors (Lipinski definition) is 4. The molecule has 1 aromatic carbocycles. The molecule has 114 valence electrons. The van der Waals surface area contributed by atoms with Crippen molar-refractivity contribution in [2.45, 2.75) is 18.9 Å². The molecule has 0 aliphatic heterocycles. The molecule has 1 amide bonds. The van der Waals surface area contributed by atoms with Crippen LogP contribution in [-0.4, -0.2) is 52.7 Å². The van der Waals surface area contributed by atoms with Crippen LogP contribution in [0, 0.1) is 0 Å². The number of aliphatic hydroxyl groups excluding tert-OH is 1. The summed E-state index contributed by atoms with van der Waals surface area (Å²) in [5.41, 5.74) is 0.338. The van der Waals surface area contributed by atoms with Crippen LogP contribution >= 0.6 is 11.6 Å². The first-order chi connectivity index (χ1) is 10.0.